The summed E-state index contributed by atoms with van der Waals surface area (Å²) in [6, 6.07) is 3.55. The molecule has 0 saturated heterocycles. The Balaban J connectivity index is 1.41. The predicted molar refractivity (Wildman–Crippen MR) is 123 cm³/mol. The lowest BCUT2D eigenvalue weighted by molar-refractivity contribution is -0.143. The number of pyridine rings is 1. The van der Waals surface area contributed by atoms with Crippen molar-refractivity contribution < 1.29 is 28.6 Å². The van der Waals surface area contributed by atoms with Crippen LogP contribution >= 0.6 is 0 Å². The number of hydrogen-bond acceptors (Lipinski definition) is 7. The summed E-state index contributed by atoms with van der Waals surface area (Å²) in [5.41, 5.74) is 0.906. The first kappa shape index (κ1) is 24.9. The molecular weight excluding hydrogens is 457 g/mol. The molecule has 4 rings (SSSR count). The number of rotatable bonds is 8. The van der Waals surface area contributed by atoms with Crippen molar-refractivity contribution in [3.05, 3.63) is 23.5 Å². The summed E-state index contributed by atoms with van der Waals surface area (Å²) in [5.74, 6) is -0.563. The highest BCUT2D eigenvalue weighted by molar-refractivity contribution is 5.70. The second-order valence-electron chi connectivity index (χ2n) is 9.65. The number of carboxylic acids is 1. The number of halogens is 1. The van der Waals surface area contributed by atoms with Crippen molar-refractivity contribution in [2.24, 2.45) is 13.0 Å². The van der Waals surface area contributed by atoms with Crippen LogP contribution in [-0.4, -0.2) is 67.4 Å². The zero-order valence-electron chi connectivity index (χ0n) is 20.4. The van der Waals surface area contributed by atoms with Crippen LogP contribution in [0.3, 0.4) is 0 Å². The molecule has 35 heavy (non-hydrogen) atoms. The number of nitrogens with zero attached hydrogens (tertiary/aromatic N) is 5. The van der Waals surface area contributed by atoms with E-state index < -0.39 is 17.7 Å². The molecule has 2 fully saturated rings. The van der Waals surface area contributed by atoms with Gasteiger partial charge in [0.2, 0.25) is 0 Å². The van der Waals surface area contributed by atoms with Crippen molar-refractivity contribution in [1.29, 1.82) is 0 Å². The molecule has 2 aromatic rings. The number of hydrogen-bond donors (Lipinski definition) is 1. The third-order valence-corrected chi connectivity index (χ3v) is 6.91. The number of carboxylic acid groups (broad SMARTS) is 1. The zero-order chi connectivity index (χ0) is 25.2. The lowest BCUT2D eigenvalue weighted by Crippen LogP contribution is -2.45. The highest BCUT2D eigenvalue weighted by Gasteiger charge is 2.39. The first-order chi connectivity index (χ1) is 16.6. The van der Waals surface area contributed by atoms with E-state index in [1.807, 2.05) is 6.92 Å². The first-order valence-electron chi connectivity index (χ1n) is 12.0. The number of alkyl halides is 1. The van der Waals surface area contributed by atoms with Crippen molar-refractivity contribution >= 4 is 12.1 Å². The fraction of sp³-hybridized carbons (Fsp3) is 0.625. The predicted octanol–water partition coefficient (Wildman–Crippen LogP) is 3.67. The number of aryl methyl sites for hydroxylation is 2. The molecule has 2 aromatic heterocycles. The quantitative estimate of drug-likeness (QED) is 0.597. The number of carbonyl (C=O) groups excluding carboxylic acids is 1. The number of carbonyl (C=O) groups is 2. The minimum Gasteiger partial charge on any atom is -0.489 e. The van der Waals surface area contributed by atoms with Gasteiger partial charge in [0.05, 0.1) is 30.0 Å². The van der Waals surface area contributed by atoms with Gasteiger partial charge >= 0.3 is 12.1 Å². The number of aliphatic carboxylic acids is 1. The van der Waals surface area contributed by atoms with Crippen LogP contribution in [0.2, 0.25) is 0 Å². The van der Waals surface area contributed by atoms with Gasteiger partial charge in [0.25, 0.3) is 0 Å². The largest absolute Gasteiger partial charge is 0.489 e. The van der Waals surface area contributed by atoms with E-state index in [0.717, 1.165) is 19.3 Å². The Hall–Kier alpha value is -3.24. The summed E-state index contributed by atoms with van der Waals surface area (Å²) in [6.07, 6.45) is 3.77. The van der Waals surface area contributed by atoms with Crippen LogP contribution in [0.1, 0.15) is 56.3 Å². The molecule has 0 spiro atoms. The van der Waals surface area contributed by atoms with E-state index in [-0.39, 0.29) is 25.2 Å². The summed E-state index contributed by atoms with van der Waals surface area (Å²) in [6.45, 7) is 1.74. The average Bonchev–Trinajstić information content (AvgIpc) is 3.18. The SMILES string of the molecule is Cc1nc(-c2nnn(C)c2COC(=O)N(C)CC2(F)CCC2)ccc1O[C@H]1CCC[C@H](C(=O)O)C1. The van der Waals surface area contributed by atoms with Crippen LogP contribution in [0, 0.1) is 12.8 Å². The highest BCUT2D eigenvalue weighted by atomic mass is 19.1. The van der Waals surface area contributed by atoms with Crippen molar-refractivity contribution in [2.75, 3.05) is 13.6 Å². The average molecular weight is 490 g/mol. The van der Waals surface area contributed by atoms with E-state index in [1.54, 1.807) is 19.2 Å². The molecule has 10 nitrogen and oxygen atoms in total. The number of ether oxygens (including phenoxy) is 2. The third-order valence-electron chi connectivity index (χ3n) is 6.91. The lowest BCUT2D eigenvalue weighted by atomic mass is 9.82. The lowest BCUT2D eigenvalue weighted by Gasteiger charge is -2.36. The second-order valence-corrected chi connectivity index (χ2v) is 9.65. The van der Waals surface area contributed by atoms with Crippen LogP contribution < -0.4 is 4.74 Å². The topological polar surface area (TPSA) is 120 Å². The molecule has 2 atom stereocenters. The van der Waals surface area contributed by atoms with Gasteiger partial charge in [-0.2, -0.15) is 0 Å². The molecule has 0 radical (unpaired) electrons. The van der Waals surface area contributed by atoms with E-state index >= 15 is 0 Å². The molecule has 0 aromatic carbocycles. The molecule has 2 aliphatic carbocycles. The smallest absolute Gasteiger partial charge is 0.409 e. The normalized spacial score (nSPS) is 21.1. The van der Waals surface area contributed by atoms with Gasteiger partial charge in [-0.3, -0.25) is 4.79 Å². The maximum absolute atomic E-state index is 14.3. The van der Waals surface area contributed by atoms with Crippen LogP contribution in [-0.2, 0) is 23.2 Å². The Kier molecular flexibility index (Phi) is 7.23. The van der Waals surface area contributed by atoms with Crippen LogP contribution in [0.15, 0.2) is 12.1 Å². The van der Waals surface area contributed by atoms with E-state index in [2.05, 4.69) is 15.3 Å². The zero-order valence-corrected chi connectivity index (χ0v) is 20.4. The molecule has 0 aliphatic heterocycles. The van der Waals surface area contributed by atoms with Gasteiger partial charge in [-0.15, -0.1) is 5.10 Å². The van der Waals surface area contributed by atoms with Crippen LogP contribution in [0.4, 0.5) is 9.18 Å². The maximum atomic E-state index is 14.3. The van der Waals surface area contributed by atoms with Gasteiger partial charge < -0.3 is 19.5 Å². The van der Waals surface area contributed by atoms with Crippen molar-refractivity contribution in [3.8, 4) is 17.1 Å². The minimum absolute atomic E-state index is 0.0126. The Morgan fingerprint density at radius 1 is 1.29 bits per heavy atom. The molecule has 2 aliphatic rings. The molecule has 190 valence electrons. The number of amides is 1. The Morgan fingerprint density at radius 2 is 2.06 bits per heavy atom. The van der Waals surface area contributed by atoms with Crippen LogP contribution in [0.25, 0.3) is 11.4 Å². The Morgan fingerprint density at radius 3 is 2.71 bits per heavy atom. The summed E-state index contributed by atoms with van der Waals surface area (Å²) in [7, 11) is 3.22. The Labute approximate surface area is 203 Å². The molecule has 0 unspecified atom stereocenters. The summed E-state index contributed by atoms with van der Waals surface area (Å²) >= 11 is 0. The first-order valence-corrected chi connectivity index (χ1v) is 12.0. The standard InChI is InChI=1S/C24H32FN5O5/c1-15-20(35-17-7-4-6-16(12-17)22(31)32)9-8-18(26-15)21-19(30(3)28-27-21)13-34-23(33)29(2)14-24(25)10-5-11-24/h8-9,16-17H,4-7,10-14H2,1-3H3,(H,31,32)/t16-,17-/m0/s1. The van der Waals surface area contributed by atoms with E-state index in [1.165, 1.54) is 16.6 Å². The fourth-order valence-corrected chi connectivity index (χ4v) is 4.65. The Bertz CT molecular complexity index is 1090. The molecular formula is C24H32FN5O5. The van der Waals surface area contributed by atoms with Gasteiger partial charge in [0.15, 0.2) is 0 Å². The monoisotopic (exact) mass is 489 g/mol. The minimum atomic E-state index is -1.32. The van der Waals surface area contributed by atoms with E-state index in [0.29, 0.717) is 54.2 Å². The molecule has 0 bridgehead atoms. The molecule has 2 heterocycles. The third kappa shape index (κ3) is 5.71. The van der Waals surface area contributed by atoms with Gasteiger partial charge in [-0.1, -0.05) is 5.21 Å². The fourth-order valence-electron chi connectivity index (χ4n) is 4.65. The molecule has 1 N–H and O–H groups in total. The van der Waals surface area contributed by atoms with Gasteiger partial charge in [-0.05, 0) is 64.0 Å². The second kappa shape index (κ2) is 10.2. The van der Waals surface area contributed by atoms with E-state index in [4.69, 9.17) is 9.47 Å². The summed E-state index contributed by atoms with van der Waals surface area (Å²) < 4.78 is 27.3. The highest BCUT2D eigenvalue weighted by Crippen LogP contribution is 2.36. The van der Waals surface area contributed by atoms with Crippen molar-refractivity contribution in [2.45, 2.75) is 70.2 Å². The van der Waals surface area contributed by atoms with Gasteiger partial charge in [0.1, 0.15) is 29.4 Å². The molecule has 2 saturated carbocycles. The van der Waals surface area contributed by atoms with Crippen molar-refractivity contribution in [3.63, 3.8) is 0 Å². The van der Waals surface area contributed by atoms with Crippen LogP contribution in [0.5, 0.6) is 5.75 Å². The summed E-state index contributed by atoms with van der Waals surface area (Å²) in [4.78, 5) is 29.6. The van der Waals surface area contributed by atoms with Gasteiger partial charge in [-0.25, -0.2) is 18.9 Å². The summed E-state index contributed by atoms with van der Waals surface area (Å²) in [5, 5.41) is 17.5. The van der Waals surface area contributed by atoms with Crippen molar-refractivity contribution in [1.82, 2.24) is 24.9 Å². The molecule has 11 heteroatoms. The maximum Gasteiger partial charge on any atom is 0.409 e. The molecule has 1 amide bonds. The van der Waals surface area contributed by atoms with E-state index in [9.17, 15) is 19.1 Å². The van der Waals surface area contributed by atoms with Gasteiger partial charge in [0, 0.05) is 14.1 Å². The number of aromatic nitrogens is 4.